The maximum Gasteiger partial charge on any atom is 0.269 e. The van der Waals surface area contributed by atoms with Gasteiger partial charge in [0.05, 0.1) is 0 Å². The van der Waals surface area contributed by atoms with E-state index in [2.05, 4.69) is 52.6 Å². The molecule has 0 aliphatic carbocycles. The van der Waals surface area contributed by atoms with Crippen LogP contribution in [0.2, 0.25) is 0 Å². The van der Waals surface area contributed by atoms with Gasteiger partial charge in [-0.2, -0.15) is 0 Å². The van der Waals surface area contributed by atoms with Crippen molar-refractivity contribution in [1.82, 2.24) is 15.2 Å². The number of nitrogens with one attached hydrogen (secondary N) is 2. The zero-order valence-electron chi connectivity index (χ0n) is 16.3. The molecule has 0 aliphatic rings. The second kappa shape index (κ2) is 9.92. The van der Waals surface area contributed by atoms with Crippen molar-refractivity contribution in [2.24, 2.45) is 0 Å². The molecule has 140 valence electrons. The van der Waals surface area contributed by atoms with Crippen molar-refractivity contribution in [3.63, 3.8) is 0 Å². The number of anilines is 2. The van der Waals surface area contributed by atoms with E-state index in [0.29, 0.717) is 12.2 Å². The lowest BCUT2D eigenvalue weighted by Crippen LogP contribution is -2.27. The van der Waals surface area contributed by atoms with Crippen molar-refractivity contribution in [3.8, 4) is 0 Å². The highest BCUT2D eigenvalue weighted by molar-refractivity contribution is 5.93. The standard InChI is InChI=1S/C21H30N4O/c1-5-16-9-7-10-17(6-2)20(16)24-18-11-13-22-19(15-18)21(26)23-12-8-14-25(3)4/h7,9-11,13,15H,5-6,8,12,14H2,1-4H3,(H,22,24)(H,23,26). The second-order valence-electron chi connectivity index (χ2n) is 6.63. The summed E-state index contributed by atoms with van der Waals surface area (Å²) in [5, 5.41) is 6.43. The number of hydrogen-bond donors (Lipinski definition) is 2. The van der Waals surface area contributed by atoms with E-state index in [0.717, 1.165) is 37.2 Å². The summed E-state index contributed by atoms with van der Waals surface area (Å²) in [6.07, 6.45) is 4.51. The van der Waals surface area contributed by atoms with Crippen LogP contribution >= 0.6 is 0 Å². The summed E-state index contributed by atoms with van der Waals surface area (Å²) in [4.78, 5) is 18.6. The molecule has 0 radical (unpaired) electrons. The van der Waals surface area contributed by atoms with Gasteiger partial charge in [-0.25, -0.2) is 0 Å². The Labute approximate surface area is 156 Å². The van der Waals surface area contributed by atoms with Gasteiger partial charge in [0.15, 0.2) is 0 Å². The van der Waals surface area contributed by atoms with Crippen molar-refractivity contribution < 1.29 is 4.79 Å². The molecule has 0 atom stereocenters. The molecule has 0 fully saturated rings. The first-order valence-electron chi connectivity index (χ1n) is 9.31. The Hall–Kier alpha value is -2.40. The van der Waals surface area contributed by atoms with Crippen LogP contribution in [0.15, 0.2) is 36.5 Å². The molecule has 0 spiro atoms. The van der Waals surface area contributed by atoms with E-state index in [9.17, 15) is 4.79 Å². The molecule has 5 nitrogen and oxygen atoms in total. The second-order valence-corrected chi connectivity index (χ2v) is 6.63. The monoisotopic (exact) mass is 354 g/mol. The van der Waals surface area contributed by atoms with Gasteiger partial charge in [-0.1, -0.05) is 32.0 Å². The Morgan fingerprint density at radius 3 is 2.42 bits per heavy atom. The van der Waals surface area contributed by atoms with Gasteiger partial charge in [0.2, 0.25) is 0 Å². The van der Waals surface area contributed by atoms with Gasteiger partial charge in [0, 0.05) is 24.1 Å². The highest BCUT2D eigenvalue weighted by Gasteiger charge is 2.10. The Bertz CT molecular complexity index is 705. The van der Waals surface area contributed by atoms with Gasteiger partial charge in [-0.3, -0.25) is 9.78 Å². The fourth-order valence-corrected chi connectivity index (χ4v) is 2.87. The summed E-state index contributed by atoms with van der Waals surface area (Å²) < 4.78 is 0. The van der Waals surface area contributed by atoms with Crippen molar-refractivity contribution in [2.45, 2.75) is 33.1 Å². The zero-order valence-corrected chi connectivity index (χ0v) is 16.3. The van der Waals surface area contributed by atoms with Gasteiger partial charge >= 0.3 is 0 Å². The normalized spacial score (nSPS) is 10.8. The first-order valence-corrected chi connectivity index (χ1v) is 9.31. The number of carbonyl (C=O) groups is 1. The van der Waals surface area contributed by atoms with Crippen LogP contribution < -0.4 is 10.6 Å². The molecule has 1 aromatic heterocycles. The lowest BCUT2D eigenvalue weighted by atomic mass is 10.0. The first kappa shape index (κ1) is 19.9. The number of hydrogen-bond acceptors (Lipinski definition) is 4. The summed E-state index contributed by atoms with van der Waals surface area (Å²) in [6.45, 7) is 5.90. The number of nitrogens with zero attached hydrogens (tertiary/aromatic N) is 2. The molecule has 2 aromatic rings. The van der Waals surface area contributed by atoms with E-state index < -0.39 is 0 Å². The predicted molar refractivity (Wildman–Crippen MR) is 108 cm³/mol. The number of rotatable bonds is 9. The maximum absolute atomic E-state index is 12.3. The lowest BCUT2D eigenvalue weighted by Gasteiger charge is -2.16. The minimum Gasteiger partial charge on any atom is -0.355 e. The molecule has 2 rings (SSSR count). The van der Waals surface area contributed by atoms with Crippen molar-refractivity contribution in [2.75, 3.05) is 32.5 Å². The Morgan fingerprint density at radius 2 is 1.81 bits per heavy atom. The number of amides is 1. The summed E-state index contributed by atoms with van der Waals surface area (Å²) >= 11 is 0. The molecular weight excluding hydrogens is 324 g/mol. The van der Waals surface area contributed by atoms with E-state index >= 15 is 0 Å². The number of benzene rings is 1. The zero-order chi connectivity index (χ0) is 18.9. The molecule has 1 heterocycles. The third kappa shape index (κ3) is 5.56. The number of pyridine rings is 1. The molecule has 5 heteroatoms. The van der Waals surface area contributed by atoms with Gasteiger partial charge in [-0.05, 0) is 63.2 Å². The predicted octanol–water partition coefficient (Wildman–Crippen LogP) is 3.63. The van der Waals surface area contributed by atoms with Crippen LogP contribution in [-0.4, -0.2) is 43.0 Å². The Kier molecular flexibility index (Phi) is 7.60. The number of carbonyl (C=O) groups excluding carboxylic acids is 1. The van der Waals surface area contributed by atoms with E-state index in [4.69, 9.17) is 0 Å². The molecule has 0 bridgehead atoms. The van der Waals surface area contributed by atoms with E-state index in [1.807, 2.05) is 26.2 Å². The number of aryl methyl sites for hydroxylation is 2. The molecule has 2 N–H and O–H groups in total. The SMILES string of the molecule is CCc1cccc(CC)c1Nc1ccnc(C(=O)NCCCN(C)C)c1. The summed E-state index contributed by atoms with van der Waals surface area (Å²) in [6, 6.07) is 10.1. The molecule has 1 amide bonds. The first-order chi connectivity index (χ1) is 12.5. The van der Waals surface area contributed by atoms with Crippen molar-refractivity contribution in [1.29, 1.82) is 0 Å². The van der Waals surface area contributed by atoms with Crippen molar-refractivity contribution in [3.05, 3.63) is 53.3 Å². The molecule has 26 heavy (non-hydrogen) atoms. The molecule has 0 unspecified atom stereocenters. The highest BCUT2D eigenvalue weighted by atomic mass is 16.1. The molecular formula is C21H30N4O. The van der Waals surface area contributed by atoms with E-state index in [1.165, 1.54) is 11.1 Å². The highest BCUT2D eigenvalue weighted by Crippen LogP contribution is 2.26. The number of para-hydroxylation sites is 1. The fourth-order valence-electron chi connectivity index (χ4n) is 2.87. The van der Waals surface area contributed by atoms with Crippen LogP contribution in [-0.2, 0) is 12.8 Å². The van der Waals surface area contributed by atoms with Crippen LogP contribution in [0, 0.1) is 0 Å². The van der Waals surface area contributed by atoms with Crippen molar-refractivity contribution >= 4 is 17.3 Å². The maximum atomic E-state index is 12.3. The third-order valence-corrected chi connectivity index (χ3v) is 4.33. The van der Waals surface area contributed by atoms with Crippen LogP contribution in [0.1, 0.15) is 41.9 Å². The van der Waals surface area contributed by atoms with Crippen LogP contribution in [0.5, 0.6) is 0 Å². The van der Waals surface area contributed by atoms with Gasteiger partial charge in [-0.15, -0.1) is 0 Å². The summed E-state index contributed by atoms with van der Waals surface area (Å²) in [5.74, 6) is -0.133. The van der Waals surface area contributed by atoms with Gasteiger partial charge in [0.25, 0.3) is 5.91 Å². The fraction of sp³-hybridized carbons (Fsp3) is 0.429. The van der Waals surface area contributed by atoms with Crippen LogP contribution in [0.3, 0.4) is 0 Å². The van der Waals surface area contributed by atoms with Crippen LogP contribution in [0.4, 0.5) is 11.4 Å². The number of aromatic nitrogens is 1. The van der Waals surface area contributed by atoms with Crippen LogP contribution in [0.25, 0.3) is 0 Å². The molecule has 0 saturated heterocycles. The largest absolute Gasteiger partial charge is 0.355 e. The Balaban J connectivity index is 2.09. The summed E-state index contributed by atoms with van der Waals surface area (Å²) in [5.41, 5.74) is 5.01. The van der Waals surface area contributed by atoms with Gasteiger partial charge in [0.1, 0.15) is 5.69 Å². The third-order valence-electron chi connectivity index (χ3n) is 4.33. The molecule has 1 aromatic carbocycles. The average molecular weight is 354 g/mol. The Morgan fingerprint density at radius 1 is 1.12 bits per heavy atom. The quantitative estimate of drug-likeness (QED) is 0.675. The minimum absolute atomic E-state index is 0.133. The van der Waals surface area contributed by atoms with Gasteiger partial charge < -0.3 is 15.5 Å². The topological polar surface area (TPSA) is 57.3 Å². The van der Waals surface area contributed by atoms with E-state index in [1.54, 1.807) is 6.20 Å². The molecule has 0 saturated carbocycles. The lowest BCUT2D eigenvalue weighted by molar-refractivity contribution is 0.0947. The average Bonchev–Trinajstić information content (AvgIpc) is 2.65. The molecule has 0 aliphatic heterocycles. The summed E-state index contributed by atoms with van der Waals surface area (Å²) in [7, 11) is 4.05. The minimum atomic E-state index is -0.133. The smallest absolute Gasteiger partial charge is 0.269 e. The van der Waals surface area contributed by atoms with E-state index in [-0.39, 0.29) is 5.91 Å².